The number of carbonyl (C=O) groups is 3. The first-order valence-electron chi connectivity index (χ1n) is 5.87. The predicted molar refractivity (Wildman–Crippen MR) is 69.0 cm³/mol. The predicted octanol–water partition coefficient (Wildman–Crippen LogP) is 0.102. The number of aliphatic carboxylic acids is 2. The lowest BCUT2D eigenvalue weighted by atomic mass is 10.1. The highest BCUT2D eigenvalue weighted by atomic mass is 16.4. The first-order chi connectivity index (χ1) is 9.41. The molecule has 20 heavy (non-hydrogen) atoms. The number of amides is 1. The molecule has 0 aliphatic carbocycles. The average Bonchev–Trinajstić information content (AvgIpc) is 2.37. The highest BCUT2D eigenvalue weighted by Crippen LogP contribution is 2.08. The van der Waals surface area contributed by atoms with Crippen LogP contribution in [0.1, 0.15) is 29.8 Å². The molecule has 0 radical (unpaired) electrons. The van der Waals surface area contributed by atoms with Crippen LogP contribution in [0.2, 0.25) is 0 Å². The third kappa shape index (κ3) is 4.56. The summed E-state index contributed by atoms with van der Waals surface area (Å²) in [5.41, 5.74) is 5.64. The lowest BCUT2D eigenvalue weighted by Gasteiger charge is -2.14. The topological polar surface area (TPSA) is 143 Å². The lowest BCUT2D eigenvalue weighted by molar-refractivity contribution is -0.140. The SMILES string of the molecule is Nc1cccnc1C(=O)N[C@H](CCCC(=O)O)C(=O)O. The number of carbonyl (C=O) groups excluding carboxylic acids is 1. The van der Waals surface area contributed by atoms with Crippen molar-refractivity contribution in [1.29, 1.82) is 0 Å². The van der Waals surface area contributed by atoms with Crippen molar-refractivity contribution in [1.82, 2.24) is 10.3 Å². The molecular weight excluding hydrogens is 266 g/mol. The molecule has 0 saturated carbocycles. The zero-order valence-corrected chi connectivity index (χ0v) is 10.6. The van der Waals surface area contributed by atoms with Crippen molar-refractivity contribution in [2.24, 2.45) is 0 Å². The standard InChI is InChI=1S/C12H15N3O5/c13-7-3-2-6-14-10(7)11(18)15-8(12(19)20)4-1-5-9(16)17/h2-3,6,8H,1,4-5,13H2,(H,15,18)(H,16,17)(H,19,20)/t8-/m1/s1. The van der Waals surface area contributed by atoms with E-state index in [9.17, 15) is 14.4 Å². The second kappa shape index (κ2) is 7.07. The molecule has 0 unspecified atom stereocenters. The van der Waals surface area contributed by atoms with Gasteiger partial charge in [0.2, 0.25) is 0 Å². The second-order valence-electron chi connectivity index (χ2n) is 4.09. The van der Waals surface area contributed by atoms with Gasteiger partial charge in [0, 0.05) is 12.6 Å². The van der Waals surface area contributed by atoms with E-state index in [2.05, 4.69) is 10.3 Å². The van der Waals surface area contributed by atoms with E-state index in [4.69, 9.17) is 15.9 Å². The van der Waals surface area contributed by atoms with Crippen molar-refractivity contribution in [2.75, 3.05) is 5.73 Å². The van der Waals surface area contributed by atoms with Crippen molar-refractivity contribution in [3.05, 3.63) is 24.0 Å². The molecule has 8 heteroatoms. The Balaban J connectivity index is 2.66. The van der Waals surface area contributed by atoms with Gasteiger partial charge in [-0.05, 0) is 25.0 Å². The van der Waals surface area contributed by atoms with Gasteiger partial charge in [0.05, 0.1) is 5.69 Å². The van der Waals surface area contributed by atoms with E-state index in [1.54, 1.807) is 6.07 Å². The number of pyridine rings is 1. The van der Waals surface area contributed by atoms with Crippen LogP contribution in [0.4, 0.5) is 5.69 Å². The first-order valence-corrected chi connectivity index (χ1v) is 5.87. The van der Waals surface area contributed by atoms with Crippen LogP contribution in [-0.2, 0) is 9.59 Å². The molecule has 0 aliphatic rings. The maximum Gasteiger partial charge on any atom is 0.326 e. The van der Waals surface area contributed by atoms with E-state index < -0.39 is 23.9 Å². The molecule has 8 nitrogen and oxygen atoms in total. The summed E-state index contributed by atoms with van der Waals surface area (Å²) in [6.45, 7) is 0. The van der Waals surface area contributed by atoms with Crippen LogP contribution in [0, 0.1) is 0 Å². The van der Waals surface area contributed by atoms with Crippen LogP contribution in [0.5, 0.6) is 0 Å². The molecule has 0 aliphatic heterocycles. The lowest BCUT2D eigenvalue weighted by Crippen LogP contribution is -2.41. The first kappa shape index (κ1) is 15.4. The minimum atomic E-state index is -1.24. The Morgan fingerprint density at radius 1 is 1.35 bits per heavy atom. The van der Waals surface area contributed by atoms with Crippen molar-refractivity contribution in [2.45, 2.75) is 25.3 Å². The van der Waals surface area contributed by atoms with Gasteiger partial charge in [-0.15, -0.1) is 0 Å². The van der Waals surface area contributed by atoms with E-state index in [1.165, 1.54) is 12.3 Å². The number of hydrogen-bond donors (Lipinski definition) is 4. The van der Waals surface area contributed by atoms with E-state index >= 15 is 0 Å². The summed E-state index contributed by atoms with van der Waals surface area (Å²) < 4.78 is 0. The Kier molecular flexibility index (Phi) is 5.45. The van der Waals surface area contributed by atoms with E-state index in [1.807, 2.05) is 0 Å². The summed E-state index contributed by atoms with van der Waals surface area (Å²) in [4.78, 5) is 37.0. The summed E-state index contributed by atoms with van der Waals surface area (Å²) in [5, 5.41) is 19.8. The number of rotatable bonds is 7. The minimum absolute atomic E-state index is 0.0140. The Labute approximate surface area is 114 Å². The summed E-state index contributed by atoms with van der Waals surface area (Å²) in [5.74, 6) is -2.96. The molecule has 0 saturated heterocycles. The maximum atomic E-state index is 11.8. The highest BCUT2D eigenvalue weighted by Gasteiger charge is 2.22. The fourth-order valence-electron chi connectivity index (χ4n) is 1.55. The number of hydrogen-bond acceptors (Lipinski definition) is 5. The number of nitrogens with one attached hydrogen (secondary N) is 1. The molecule has 0 aromatic carbocycles. The van der Waals surface area contributed by atoms with Gasteiger partial charge in [-0.1, -0.05) is 0 Å². The molecule has 1 aromatic rings. The van der Waals surface area contributed by atoms with Gasteiger partial charge in [-0.3, -0.25) is 9.59 Å². The third-order valence-electron chi connectivity index (χ3n) is 2.54. The van der Waals surface area contributed by atoms with Crippen LogP contribution < -0.4 is 11.1 Å². The van der Waals surface area contributed by atoms with E-state index in [0.717, 1.165) is 0 Å². The van der Waals surface area contributed by atoms with Crippen LogP contribution >= 0.6 is 0 Å². The van der Waals surface area contributed by atoms with E-state index in [0.29, 0.717) is 0 Å². The molecule has 1 rings (SSSR count). The second-order valence-corrected chi connectivity index (χ2v) is 4.09. The van der Waals surface area contributed by atoms with Gasteiger partial charge in [0.15, 0.2) is 5.69 Å². The van der Waals surface area contributed by atoms with Gasteiger partial charge >= 0.3 is 11.9 Å². The van der Waals surface area contributed by atoms with Gasteiger partial charge < -0.3 is 21.3 Å². The Hall–Kier alpha value is -2.64. The number of nitrogen functional groups attached to an aromatic ring is 1. The zero-order chi connectivity index (χ0) is 15.1. The Bertz CT molecular complexity index is 518. The molecule has 1 aromatic heterocycles. The fraction of sp³-hybridized carbons (Fsp3) is 0.333. The quantitative estimate of drug-likeness (QED) is 0.555. The van der Waals surface area contributed by atoms with Gasteiger partial charge in [-0.25, -0.2) is 9.78 Å². The van der Waals surface area contributed by atoms with Crippen molar-refractivity contribution in [3.63, 3.8) is 0 Å². The van der Waals surface area contributed by atoms with Gasteiger partial charge in [0.1, 0.15) is 6.04 Å². The van der Waals surface area contributed by atoms with Crippen molar-refractivity contribution in [3.8, 4) is 0 Å². The molecular formula is C12H15N3O5. The zero-order valence-electron chi connectivity index (χ0n) is 10.6. The Morgan fingerprint density at radius 2 is 2.05 bits per heavy atom. The van der Waals surface area contributed by atoms with Crippen molar-refractivity contribution < 1.29 is 24.6 Å². The van der Waals surface area contributed by atoms with Crippen LogP contribution in [0.25, 0.3) is 0 Å². The largest absolute Gasteiger partial charge is 0.481 e. The fourth-order valence-corrected chi connectivity index (χ4v) is 1.55. The molecule has 1 amide bonds. The van der Waals surface area contributed by atoms with Gasteiger partial charge in [-0.2, -0.15) is 0 Å². The minimum Gasteiger partial charge on any atom is -0.481 e. The van der Waals surface area contributed by atoms with Gasteiger partial charge in [0.25, 0.3) is 5.91 Å². The molecule has 0 spiro atoms. The normalized spacial score (nSPS) is 11.6. The number of nitrogens with zero attached hydrogens (tertiary/aromatic N) is 1. The summed E-state index contributed by atoms with van der Waals surface area (Å²) in [6, 6.07) is 1.85. The monoisotopic (exact) mass is 281 g/mol. The summed E-state index contributed by atoms with van der Waals surface area (Å²) in [6.07, 6.45) is 1.36. The molecule has 108 valence electrons. The van der Waals surface area contributed by atoms with Crippen LogP contribution in [0.15, 0.2) is 18.3 Å². The number of anilines is 1. The van der Waals surface area contributed by atoms with Crippen LogP contribution in [-0.4, -0.2) is 39.1 Å². The molecule has 1 heterocycles. The molecule has 5 N–H and O–H groups in total. The molecule has 1 atom stereocenters. The number of aromatic nitrogens is 1. The highest BCUT2D eigenvalue weighted by molar-refractivity contribution is 5.98. The third-order valence-corrected chi connectivity index (χ3v) is 2.54. The molecule has 0 fully saturated rings. The number of carboxylic acids is 2. The van der Waals surface area contributed by atoms with Crippen LogP contribution in [0.3, 0.4) is 0 Å². The van der Waals surface area contributed by atoms with E-state index in [-0.39, 0.29) is 30.6 Å². The summed E-state index contributed by atoms with van der Waals surface area (Å²) >= 11 is 0. The summed E-state index contributed by atoms with van der Waals surface area (Å²) in [7, 11) is 0. The Morgan fingerprint density at radius 3 is 2.60 bits per heavy atom. The number of nitrogens with two attached hydrogens (primary N) is 1. The number of carboxylic acid groups (broad SMARTS) is 2. The maximum absolute atomic E-state index is 11.8. The molecule has 0 bridgehead atoms. The smallest absolute Gasteiger partial charge is 0.326 e. The van der Waals surface area contributed by atoms with Crippen molar-refractivity contribution >= 4 is 23.5 Å². The average molecular weight is 281 g/mol.